The Morgan fingerprint density at radius 3 is 2.86 bits per heavy atom. The van der Waals surface area contributed by atoms with E-state index in [0.29, 0.717) is 18.7 Å². The van der Waals surface area contributed by atoms with E-state index in [-0.39, 0.29) is 12.5 Å². The van der Waals surface area contributed by atoms with Gasteiger partial charge in [-0.3, -0.25) is 9.69 Å². The Hall–Kier alpha value is -1.66. The van der Waals surface area contributed by atoms with Gasteiger partial charge in [-0.05, 0) is 32.0 Å². The molecule has 2 heterocycles. The fourth-order valence-corrected chi connectivity index (χ4v) is 2.64. The standard InChI is InChI=1S/C15H24N4O2/c1-12-10-13(11-14(16-2)17-12)15(21)19-5-3-4-18(6-7-19)8-9-20/h10-11,20H,3-9H2,1-2H3,(H,16,17). The van der Waals surface area contributed by atoms with Crippen LogP contribution in [0.1, 0.15) is 22.5 Å². The molecule has 0 unspecified atom stereocenters. The van der Waals surface area contributed by atoms with E-state index in [0.717, 1.165) is 37.6 Å². The summed E-state index contributed by atoms with van der Waals surface area (Å²) in [6.07, 6.45) is 0.939. The largest absolute Gasteiger partial charge is 0.395 e. The van der Waals surface area contributed by atoms with Crippen molar-refractivity contribution < 1.29 is 9.90 Å². The third kappa shape index (κ3) is 4.15. The molecule has 1 aliphatic heterocycles. The van der Waals surface area contributed by atoms with Gasteiger partial charge in [-0.15, -0.1) is 0 Å². The number of anilines is 1. The van der Waals surface area contributed by atoms with Crippen LogP contribution in [0.2, 0.25) is 0 Å². The Morgan fingerprint density at radius 1 is 1.33 bits per heavy atom. The quantitative estimate of drug-likeness (QED) is 0.849. The van der Waals surface area contributed by atoms with Crippen molar-refractivity contribution in [3.63, 3.8) is 0 Å². The highest BCUT2D eigenvalue weighted by molar-refractivity contribution is 5.95. The number of hydrogen-bond donors (Lipinski definition) is 2. The van der Waals surface area contributed by atoms with Crippen molar-refractivity contribution in [2.45, 2.75) is 13.3 Å². The van der Waals surface area contributed by atoms with E-state index in [1.54, 1.807) is 13.1 Å². The second-order valence-corrected chi connectivity index (χ2v) is 5.34. The Morgan fingerprint density at radius 2 is 2.14 bits per heavy atom. The van der Waals surface area contributed by atoms with Crippen molar-refractivity contribution in [2.24, 2.45) is 0 Å². The predicted octanol–water partition coefficient (Wildman–Crippen LogP) is 0.572. The molecule has 1 fully saturated rings. The zero-order valence-corrected chi connectivity index (χ0v) is 12.8. The summed E-state index contributed by atoms with van der Waals surface area (Å²) in [5.74, 6) is 0.776. The number of aromatic nitrogens is 1. The number of carbonyl (C=O) groups excluding carboxylic acids is 1. The Balaban J connectivity index is 2.07. The molecule has 2 rings (SSSR count). The van der Waals surface area contributed by atoms with Crippen LogP contribution >= 0.6 is 0 Å². The molecule has 0 saturated carbocycles. The van der Waals surface area contributed by atoms with E-state index >= 15 is 0 Å². The van der Waals surface area contributed by atoms with Gasteiger partial charge >= 0.3 is 0 Å². The van der Waals surface area contributed by atoms with Crippen LogP contribution in [0.5, 0.6) is 0 Å². The van der Waals surface area contributed by atoms with Crippen LogP contribution in [-0.2, 0) is 0 Å². The molecule has 1 aromatic heterocycles. The monoisotopic (exact) mass is 292 g/mol. The van der Waals surface area contributed by atoms with Crippen LogP contribution < -0.4 is 5.32 Å². The van der Waals surface area contributed by atoms with E-state index < -0.39 is 0 Å². The number of aliphatic hydroxyl groups excluding tert-OH is 1. The van der Waals surface area contributed by atoms with E-state index in [4.69, 9.17) is 5.11 Å². The number of rotatable bonds is 4. The van der Waals surface area contributed by atoms with Gasteiger partial charge in [-0.1, -0.05) is 0 Å². The summed E-state index contributed by atoms with van der Waals surface area (Å²) in [6.45, 7) is 5.95. The lowest BCUT2D eigenvalue weighted by atomic mass is 10.2. The lowest BCUT2D eigenvalue weighted by molar-refractivity contribution is 0.0760. The van der Waals surface area contributed by atoms with Gasteiger partial charge in [0.25, 0.3) is 5.91 Å². The van der Waals surface area contributed by atoms with Crippen molar-refractivity contribution in [1.29, 1.82) is 0 Å². The lowest BCUT2D eigenvalue weighted by Gasteiger charge is -2.22. The van der Waals surface area contributed by atoms with E-state index in [9.17, 15) is 4.79 Å². The molecule has 1 aliphatic rings. The second-order valence-electron chi connectivity index (χ2n) is 5.34. The highest BCUT2D eigenvalue weighted by Gasteiger charge is 2.20. The maximum Gasteiger partial charge on any atom is 0.254 e. The number of hydrogen-bond acceptors (Lipinski definition) is 5. The second kappa shape index (κ2) is 7.38. The predicted molar refractivity (Wildman–Crippen MR) is 82.6 cm³/mol. The average Bonchev–Trinajstić information content (AvgIpc) is 2.72. The first kappa shape index (κ1) is 15.7. The van der Waals surface area contributed by atoms with Crippen LogP contribution in [0.4, 0.5) is 5.82 Å². The molecule has 1 saturated heterocycles. The Bertz CT molecular complexity index is 493. The molecule has 6 nitrogen and oxygen atoms in total. The smallest absolute Gasteiger partial charge is 0.254 e. The molecule has 0 atom stereocenters. The molecule has 116 valence electrons. The zero-order valence-electron chi connectivity index (χ0n) is 12.8. The molecular formula is C15H24N4O2. The van der Waals surface area contributed by atoms with Crippen LogP contribution in [0.15, 0.2) is 12.1 Å². The molecule has 0 radical (unpaired) electrons. The first-order chi connectivity index (χ1) is 10.1. The minimum Gasteiger partial charge on any atom is -0.395 e. The molecule has 1 amide bonds. The fourth-order valence-electron chi connectivity index (χ4n) is 2.64. The third-order valence-corrected chi connectivity index (χ3v) is 3.75. The van der Waals surface area contributed by atoms with E-state index in [2.05, 4.69) is 15.2 Å². The van der Waals surface area contributed by atoms with Crippen molar-refractivity contribution in [1.82, 2.24) is 14.8 Å². The number of aliphatic hydroxyl groups is 1. The van der Waals surface area contributed by atoms with Gasteiger partial charge in [0, 0.05) is 44.5 Å². The fraction of sp³-hybridized carbons (Fsp3) is 0.600. The topological polar surface area (TPSA) is 68.7 Å². The lowest BCUT2D eigenvalue weighted by Crippen LogP contribution is -2.36. The number of aryl methyl sites for hydroxylation is 1. The number of nitrogens with zero attached hydrogens (tertiary/aromatic N) is 3. The number of pyridine rings is 1. The third-order valence-electron chi connectivity index (χ3n) is 3.75. The van der Waals surface area contributed by atoms with Crippen molar-refractivity contribution in [2.75, 3.05) is 51.7 Å². The van der Waals surface area contributed by atoms with Crippen LogP contribution in [-0.4, -0.2) is 72.2 Å². The van der Waals surface area contributed by atoms with Gasteiger partial charge in [-0.2, -0.15) is 0 Å². The first-order valence-electron chi connectivity index (χ1n) is 7.43. The summed E-state index contributed by atoms with van der Waals surface area (Å²) >= 11 is 0. The SMILES string of the molecule is CNc1cc(C(=O)N2CCCN(CCO)CC2)cc(C)n1. The molecule has 0 aromatic carbocycles. The molecular weight excluding hydrogens is 268 g/mol. The van der Waals surface area contributed by atoms with Gasteiger partial charge in [0.15, 0.2) is 0 Å². The van der Waals surface area contributed by atoms with Crippen LogP contribution in [0.25, 0.3) is 0 Å². The van der Waals surface area contributed by atoms with Gasteiger partial charge < -0.3 is 15.3 Å². The van der Waals surface area contributed by atoms with Crippen LogP contribution in [0, 0.1) is 6.92 Å². The van der Waals surface area contributed by atoms with Crippen molar-refractivity contribution in [3.05, 3.63) is 23.4 Å². The normalized spacial score (nSPS) is 16.6. The summed E-state index contributed by atoms with van der Waals surface area (Å²) in [7, 11) is 1.80. The van der Waals surface area contributed by atoms with Crippen molar-refractivity contribution >= 4 is 11.7 Å². The molecule has 6 heteroatoms. The molecule has 0 aliphatic carbocycles. The maximum atomic E-state index is 12.6. The zero-order chi connectivity index (χ0) is 15.2. The van der Waals surface area contributed by atoms with Gasteiger partial charge in [0.1, 0.15) is 5.82 Å². The Labute approximate surface area is 125 Å². The number of amides is 1. The molecule has 0 spiro atoms. The Kier molecular flexibility index (Phi) is 5.52. The van der Waals surface area contributed by atoms with Gasteiger partial charge in [0.05, 0.1) is 6.61 Å². The summed E-state index contributed by atoms with van der Waals surface area (Å²) in [5.41, 5.74) is 1.52. The highest BCUT2D eigenvalue weighted by Crippen LogP contribution is 2.14. The highest BCUT2D eigenvalue weighted by atomic mass is 16.3. The number of β-amino-alcohol motifs (C(OH)–C–C–N with tert-alkyl or cyclic N) is 1. The summed E-state index contributed by atoms with van der Waals surface area (Å²) < 4.78 is 0. The van der Waals surface area contributed by atoms with Gasteiger partial charge in [-0.25, -0.2) is 4.98 Å². The molecule has 21 heavy (non-hydrogen) atoms. The number of nitrogens with one attached hydrogen (secondary N) is 1. The van der Waals surface area contributed by atoms with E-state index in [1.165, 1.54) is 0 Å². The van der Waals surface area contributed by atoms with Gasteiger partial charge in [0.2, 0.25) is 0 Å². The van der Waals surface area contributed by atoms with Crippen LogP contribution in [0.3, 0.4) is 0 Å². The molecule has 2 N–H and O–H groups in total. The summed E-state index contributed by atoms with van der Waals surface area (Å²) in [4.78, 5) is 21.0. The maximum absolute atomic E-state index is 12.6. The molecule has 0 bridgehead atoms. The molecule has 1 aromatic rings. The minimum absolute atomic E-state index is 0.0582. The minimum atomic E-state index is 0.0582. The number of carbonyl (C=O) groups is 1. The summed E-state index contributed by atoms with van der Waals surface area (Å²) in [6, 6.07) is 3.63. The first-order valence-corrected chi connectivity index (χ1v) is 7.43. The summed E-state index contributed by atoms with van der Waals surface area (Å²) in [5, 5.41) is 12.0. The average molecular weight is 292 g/mol. The van der Waals surface area contributed by atoms with Crippen molar-refractivity contribution in [3.8, 4) is 0 Å². The van der Waals surface area contributed by atoms with E-state index in [1.807, 2.05) is 17.9 Å².